The molecule has 8 heteroatoms. The van der Waals surface area contributed by atoms with Gasteiger partial charge in [-0.1, -0.05) is 23.7 Å². The van der Waals surface area contributed by atoms with Crippen LogP contribution in [0.15, 0.2) is 47.6 Å². The molecular weight excluding hydrogens is 501 g/mol. The van der Waals surface area contributed by atoms with E-state index in [1.54, 1.807) is 13.2 Å². The fourth-order valence-electron chi connectivity index (χ4n) is 3.35. The van der Waals surface area contributed by atoms with Crippen molar-refractivity contribution < 1.29 is 4.74 Å². The molecule has 29 heavy (non-hydrogen) atoms. The van der Waals surface area contributed by atoms with E-state index in [9.17, 15) is 0 Å². The second-order valence-electron chi connectivity index (χ2n) is 6.71. The van der Waals surface area contributed by atoms with E-state index >= 15 is 0 Å². The summed E-state index contributed by atoms with van der Waals surface area (Å²) in [5.41, 5.74) is 1.24. The zero-order valence-electron chi connectivity index (χ0n) is 16.9. The second kappa shape index (κ2) is 12.1. The lowest BCUT2D eigenvalue weighted by Gasteiger charge is -2.20. The lowest BCUT2D eigenvalue weighted by Crippen LogP contribution is -2.45. The fraction of sp³-hybridized carbons (Fsp3) is 0.429. The maximum Gasteiger partial charge on any atom is 0.191 e. The number of hydrogen-bond donors (Lipinski definition) is 2. The summed E-state index contributed by atoms with van der Waals surface area (Å²) in [5.74, 6) is 2.59. The highest BCUT2D eigenvalue weighted by Crippen LogP contribution is 2.25. The number of anilines is 1. The Bertz CT molecular complexity index is 804. The van der Waals surface area contributed by atoms with Gasteiger partial charge in [-0.25, -0.2) is 4.98 Å². The largest absolute Gasteiger partial charge is 0.494 e. The summed E-state index contributed by atoms with van der Waals surface area (Å²) in [7, 11) is 1.80. The van der Waals surface area contributed by atoms with Crippen molar-refractivity contribution in [3.8, 4) is 5.75 Å². The predicted molar refractivity (Wildman–Crippen MR) is 131 cm³/mol. The lowest BCUT2D eigenvalue weighted by molar-refractivity contribution is 0.340. The standard InChI is InChI=1S/C21H28ClN5O.HI/c1-3-28-18-7-4-6-16(14-18)9-12-25-21(23-2)26-17-10-13-27(15-17)20-19(22)8-5-11-24-20;/h4-8,11,14,17H,3,9-10,12-13,15H2,1-2H3,(H2,23,25,26);1H. The summed E-state index contributed by atoms with van der Waals surface area (Å²) in [5, 5.41) is 7.60. The first-order valence-electron chi connectivity index (χ1n) is 9.74. The van der Waals surface area contributed by atoms with E-state index in [2.05, 4.69) is 37.6 Å². The van der Waals surface area contributed by atoms with E-state index in [1.165, 1.54) is 5.56 Å². The SMILES string of the molecule is CCOc1cccc(CCNC(=NC)NC2CCN(c3ncccc3Cl)C2)c1.I. The van der Waals surface area contributed by atoms with Crippen molar-refractivity contribution in [2.75, 3.05) is 38.2 Å². The topological polar surface area (TPSA) is 61.8 Å². The van der Waals surface area contributed by atoms with Crippen molar-refractivity contribution in [1.29, 1.82) is 0 Å². The number of aliphatic imine (C=N–C) groups is 1. The van der Waals surface area contributed by atoms with Crippen molar-refractivity contribution >= 4 is 47.4 Å². The van der Waals surface area contributed by atoms with Crippen molar-refractivity contribution in [3.63, 3.8) is 0 Å². The van der Waals surface area contributed by atoms with Gasteiger partial charge in [0.15, 0.2) is 5.96 Å². The van der Waals surface area contributed by atoms with Gasteiger partial charge in [-0.3, -0.25) is 4.99 Å². The molecule has 3 rings (SSSR count). The van der Waals surface area contributed by atoms with Gasteiger partial charge in [-0.05, 0) is 49.6 Å². The van der Waals surface area contributed by atoms with Crippen molar-refractivity contribution in [2.45, 2.75) is 25.8 Å². The third kappa shape index (κ3) is 6.92. The Morgan fingerprint density at radius 3 is 2.97 bits per heavy atom. The minimum atomic E-state index is 0. The van der Waals surface area contributed by atoms with Gasteiger partial charge < -0.3 is 20.3 Å². The number of hydrogen-bond acceptors (Lipinski definition) is 4. The third-order valence-electron chi connectivity index (χ3n) is 4.71. The minimum absolute atomic E-state index is 0. The summed E-state index contributed by atoms with van der Waals surface area (Å²) in [4.78, 5) is 11.0. The number of halogens is 2. The number of aromatic nitrogens is 1. The van der Waals surface area contributed by atoms with Crippen LogP contribution < -0.4 is 20.3 Å². The Kier molecular flexibility index (Phi) is 9.80. The Balaban J connectivity index is 0.00000300. The van der Waals surface area contributed by atoms with Crippen molar-refractivity contribution in [2.24, 2.45) is 4.99 Å². The summed E-state index contributed by atoms with van der Waals surface area (Å²) in [6.07, 6.45) is 3.70. The number of pyridine rings is 1. The predicted octanol–water partition coefficient (Wildman–Crippen LogP) is 3.74. The molecule has 0 saturated carbocycles. The fourth-order valence-corrected chi connectivity index (χ4v) is 3.59. The molecule has 1 atom stereocenters. The first-order valence-corrected chi connectivity index (χ1v) is 10.1. The zero-order valence-corrected chi connectivity index (χ0v) is 20.0. The van der Waals surface area contributed by atoms with Crippen LogP contribution in [0.2, 0.25) is 5.02 Å². The number of nitrogens with one attached hydrogen (secondary N) is 2. The number of nitrogens with zero attached hydrogens (tertiary/aromatic N) is 3. The van der Waals surface area contributed by atoms with Crippen LogP contribution in [0.3, 0.4) is 0 Å². The second-order valence-corrected chi connectivity index (χ2v) is 7.12. The van der Waals surface area contributed by atoms with Gasteiger partial charge >= 0.3 is 0 Å². The maximum absolute atomic E-state index is 6.27. The molecular formula is C21H29ClIN5O. The summed E-state index contributed by atoms with van der Waals surface area (Å²) in [6.45, 7) is 5.26. The van der Waals surface area contributed by atoms with Gasteiger partial charge in [-0.15, -0.1) is 24.0 Å². The van der Waals surface area contributed by atoms with Gasteiger partial charge in [0.2, 0.25) is 0 Å². The molecule has 2 heterocycles. The molecule has 158 valence electrons. The van der Waals surface area contributed by atoms with E-state index in [0.717, 1.165) is 50.0 Å². The molecule has 1 aliphatic heterocycles. The summed E-state index contributed by atoms with van der Waals surface area (Å²) in [6, 6.07) is 12.3. The molecule has 0 radical (unpaired) electrons. The summed E-state index contributed by atoms with van der Waals surface area (Å²) >= 11 is 6.27. The number of ether oxygens (including phenoxy) is 1. The quantitative estimate of drug-likeness (QED) is 0.325. The van der Waals surface area contributed by atoms with E-state index in [-0.39, 0.29) is 24.0 Å². The van der Waals surface area contributed by atoms with Gasteiger partial charge in [0.1, 0.15) is 11.6 Å². The lowest BCUT2D eigenvalue weighted by atomic mass is 10.1. The average Bonchev–Trinajstić information content (AvgIpc) is 3.16. The molecule has 0 bridgehead atoms. The molecule has 2 aromatic rings. The van der Waals surface area contributed by atoms with Gasteiger partial charge in [0, 0.05) is 38.9 Å². The molecule has 1 saturated heterocycles. The highest BCUT2D eigenvalue weighted by Gasteiger charge is 2.25. The normalized spacial score (nSPS) is 16.3. The molecule has 1 unspecified atom stereocenters. The number of benzene rings is 1. The average molecular weight is 530 g/mol. The highest BCUT2D eigenvalue weighted by molar-refractivity contribution is 14.0. The molecule has 0 spiro atoms. The molecule has 1 aromatic heterocycles. The number of rotatable bonds is 7. The Hall–Kier alpha value is -1.74. The van der Waals surface area contributed by atoms with Gasteiger partial charge in [0.25, 0.3) is 0 Å². The van der Waals surface area contributed by atoms with Crippen LogP contribution in [0.1, 0.15) is 18.9 Å². The monoisotopic (exact) mass is 529 g/mol. The molecule has 1 aromatic carbocycles. The van der Waals surface area contributed by atoms with Crippen LogP contribution >= 0.6 is 35.6 Å². The Morgan fingerprint density at radius 2 is 2.21 bits per heavy atom. The van der Waals surface area contributed by atoms with E-state index < -0.39 is 0 Å². The zero-order chi connectivity index (χ0) is 19.8. The van der Waals surface area contributed by atoms with Crippen molar-refractivity contribution in [3.05, 3.63) is 53.2 Å². The smallest absolute Gasteiger partial charge is 0.191 e. The van der Waals surface area contributed by atoms with E-state index in [1.807, 2.05) is 31.2 Å². The van der Waals surface area contributed by atoms with Gasteiger partial charge in [0.05, 0.1) is 11.6 Å². The van der Waals surface area contributed by atoms with E-state index in [4.69, 9.17) is 16.3 Å². The first kappa shape index (κ1) is 23.5. The molecule has 1 fully saturated rings. The molecule has 0 aliphatic carbocycles. The Labute approximate surface area is 195 Å². The van der Waals surface area contributed by atoms with Crippen LogP contribution in [0, 0.1) is 0 Å². The molecule has 1 aliphatic rings. The van der Waals surface area contributed by atoms with Crippen LogP contribution in [0.25, 0.3) is 0 Å². The van der Waals surface area contributed by atoms with Crippen LogP contribution in [-0.4, -0.2) is 50.3 Å². The first-order chi connectivity index (χ1) is 13.7. The highest BCUT2D eigenvalue weighted by atomic mass is 127. The number of guanidine groups is 1. The third-order valence-corrected chi connectivity index (χ3v) is 5.00. The van der Waals surface area contributed by atoms with Crippen LogP contribution in [0.5, 0.6) is 5.75 Å². The molecule has 0 amide bonds. The van der Waals surface area contributed by atoms with Gasteiger partial charge in [-0.2, -0.15) is 0 Å². The minimum Gasteiger partial charge on any atom is -0.494 e. The maximum atomic E-state index is 6.27. The van der Waals surface area contributed by atoms with E-state index in [0.29, 0.717) is 17.7 Å². The van der Waals surface area contributed by atoms with Crippen LogP contribution in [-0.2, 0) is 6.42 Å². The van der Waals surface area contributed by atoms with Crippen LogP contribution in [0.4, 0.5) is 5.82 Å². The Morgan fingerprint density at radius 1 is 1.34 bits per heavy atom. The van der Waals surface area contributed by atoms with Crippen molar-refractivity contribution in [1.82, 2.24) is 15.6 Å². The summed E-state index contributed by atoms with van der Waals surface area (Å²) < 4.78 is 5.56. The molecule has 2 N–H and O–H groups in total. The molecule has 6 nitrogen and oxygen atoms in total.